The van der Waals surface area contributed by atoms with Crippen LogP contribution in [0.3, 0.4) is 0 Å². The quantitative estimate of drug-likeness (QED) is 0.268. The van der Waals surface area contributed by atoms with Gasteiger partial charge < -0.3 is 24.3 Å². The van der Waals surface area contributed by atoms with E-state index < -0.39 is 26.2 Å². The molecule has 0 rings (SSSR count). The normalized spacial score (nSPS) is 13.6. The molecular weight excluding hydrogens is 282 g/mol. The molecule has 11 heteroatoms. The van der Waals surface area contributed by atoms with Gasteiger partial charge in [-0.3, -0.25) is 13.9 Å². The first-order chi connectivity index (χ1) is 6.95. The van der Waals surface area contributed by atoms with Crippen LogP contribution in [0.2, 0.25) is 0 Å². The van der Waals surface area contributed by atoms with Crippen molar-refractivity contribution >= 4 is 33.8 Å². The molecular formula is C5H12O8P2S. The highest BCUT2D eigenvalue weighted by atomic mass is 32.1. The van der Waals surface area contributed by atoms with Gasteiger partial charge in [0, 0.05) is 5.75 Å². The zero-order chi connectivity index (χ0) is 13.2. The number of thiol groups is 1. The number of ether oxygens (including phenoxy) is 1. The third-order valence-electron chi connectivity index (χ3n) is 1.70. The van der Waals surface area contributed by atoms with Crippen molar-refractivity contribution in [3.05, 3.63) is 0 Å². The molecule has 0 aromatic rings. The van der Waals surface area contributed by atoms with Crippen LogP contribution < -0.4 is 0 Å². The summed E-state index contributed by atoms with van der Waals surface area (Å²) in [5, 5.41) is -3.15. The topological polar surface area (TPSA) is 141 Å². The zero-order valence-corrected chi connectivity index (χ0v) is 10.9. The van der Waals surface area contributed by atoms with Crippen LogP contribution >= 0.6 is 27.8 Å². The number of hydrogen-bond acceptors (Lipinski definition) is 5. The Morgan fingerprint density at radius 1 is 1.25 bits per heavy atom. The summed E-state index contributed by atoms with van der Waals surface area (Å²) in [6.07, 6.45) is -0.321. The van der Waals surface area contributed by atoms with E-state index in [1.54, 1.807) is 0 Å². The SMILES string of the molecule is CC(OC(=O)CCS)(P(=O)(O)O)P(=O)(O)O. The Morgan fingerprint density at radius 3 is 1.88 bits per heavy atom. The van der Waals surface area contributed by atoms with Crippen LogP contribution in [0.1, 0.15) is 13.3 Å². The van der Waals surface area contributed by atoms with Crippen molar-refractivity contribution in [1.29, 1.82) is 0 Å². The van der Waals surface area contributed by atoms with Crippen molar-refractivity contribution in [2.24, 2.45) is 0 Å². The van der Waals surface area contributed by atoms with Crippen LogP contribution in [-0.4, -0.2) is 36.4 Å². The van der Waals surface area contributed by atoms with Gasteiger partial charge in [-0.2, -0.15) is 12.6 Å². The van der Waals surface area contributed by atoms with Gasteiger partial charge in [0.25, 0.3) is 0 Å². The summed E-state index contributed by atoms with van der Waals surface area (Å²) in [5.41, 5.74) is 0. The van der Waals surface area contributed by atoms with Crippen molar-refractivity contribution in [1.82, 2.24) is 0 Å². The molecule has 16 heavy (non-hydrogen) atoms. The molecule has 0 radical (unpaired) electrons. The van der Waals surface area contributed by atoms with Crippen molar-refractivity contribution in [2.45, 2.75) is 18.4 Å². The third kappa shape index (κ3) is 3.56. The van der Waals surface area contributed by atoms with E-state index in [4.69, 9.17) is 19.6 Å². The van der Waals surface area contributed by atoms with Gasteiger partial charge in [0.1, 0.15) is 0 Å². The average molecular weight is 294 g/mol. The van der Waals surface area contributed by atoms with Crippen LogP contribution in [0, 0.1) is 0 Å². The second kappa shape index (κ2) is 5.18. The summed E-state index contributed by atoms with van der Waals surface area (Å²) in [4.78, 5) is 46.2. The molecule has 0 saturated carbocycles. The second-order valence-electron chi connectivity index (χ2n) is 2.97. The van der Waals surface area contributed by atoms with Crippen molar-refractivity contribution < 1.29 is 38.2 Å². The van der Waals surface area contributed by atoms with Crippen molar-refractivity contribution in [3.63, 3.8) is 0 Å². The molecule has 0 atom stereocenters. The zero-order valence-electron chi connectivity index (χ0n) is 8.18. The molecule has 0 aliphatic carbocycles. The van der Waals surface area contributed by atoms with Gasteiger partial charge in [-0.05, 0) is 6.92 Å². The molecule has 4 N–H and O–H groups in total. The minimum atomic E-state index is -5.32. The molecule has 0 unspecified atom stereocenters. The lowest BCUT2D eigenvalue weighted by molar-refractivity contribution is -0.148. The minimum Gasteiger partial charge on any atom is -0.433 e. The molecule has 0 aliphatic rings. The first-order valence-corrected chi connectivity index (χ1v) is 7.75. The summed E-state index contributed by atoms with van der Waals surface area (Å²) >= 11 is 3.67. The Balaban J connectivity index is 5.23. The lowest BCUT2D eigenvalue weighted by Gasteiger charge is -2.30. The monoisotopic (exact) mass is 294 g/mol. The predicted molar refractivity (Wildman–Crippen MR) is 57.1 cm³/mol. The highest BCUT2D eigenvalue weighted by Crippen LogP contribution is 2.69. The van der Waals surface area contributed by atoms with E-state index in [0.717, 1.165) is 0 Å². The van der Waals surface area contributed by atoms with Crippen LogP contribution in [0.4, 0.5) is 0 Å². The maximum atomic E-state index is 11.0. The van der Waals surface area contributed by atoms with Gasteiger partial charge in [-0.1, -0.05) is 0 Å². The van der Waals surface area contributed by atoms with Gasteiger partial charge in [-0.15, -0.1) is 0 Å². The van der Waals surface area contributed by atoms with E-state index in [2.05, 4.69) is 17.4 Å². The van der Waals surface area contributed by atoms with E-state index in [9.17, 15) is 13.9 Å². The molecule has 0 aliphatic heterocycles. The van der Waals surface area contributed by atoms with Gasteiger partial charge in [0.15, 0.2) is 0 Å². The summed E-state index contributed by atoms with van der Waals surface area (Å²) < 4.78 is 26.1. The summed E-state index contributed by atoms with van der Waals surface area (Å²) in [5.74, 6) is -1.12. The number of hydrogen-bond donors (Lipinski definition) is 5. The van der Waals surface area contributed by atoms with Gasteiger partial charge in [-0.25, -0.2) is 0 Å². The first kappa shape index (κ1) is 16.1. The number of carbonyl (C=O) groups excluding carboxylic acids is 1. The van der Waals surface area contributed by atoms with Crippen LogP contribution in [0.15, 0.2) is 0 Å². The van der Waals surface area contributed by atoms with E-state index in [0.29, 0.717) is 6.92 Å². The summed E-state index contributed by atoms with van der Waals surface area (Å²) in [6, 6.07) is 0. The van der Waals surface area contributed by atoms with Crippen LogP contribution in [0.5, 0.6) is 0 Å². The maximum Gasteiger partial charge on any atom is 0.381 e. The second-order valence-corrected chi connectivity index (χ2v) is 7.65. The smallest absolute Gasteiger partial charge is 0.381 e. The summed E-state index contributed by atoms with van der Waals surface area (Å²) in [6.45, 7) is 0.491. The Labute approximate surface area is 96.7 Å². The fourth-order valence-electron chi connectivity index (χ4n) is 0.647. The van der Waals surface area contributed by atoms with Gasteiger partial charge in [0.2, 0.25) is 0 Å². The standard InChI is InChI=1S/C5H12O8P2S/c1-5(14(7,8)9,15(10,11)12)13-4(6)2-3-16/h16H,2-3H2,1H3,(H2,7,8,9)(H2,10,11,12). The number of carbonyl (C=O) groups is 1. The molecule has 0 saturated heterocycles. The van der Waals surface area contributed by atoms with E-state index in [1.165, 1.54) is 0 Å². The van der Waals surface area contributed by atoms with E-state index in [1.807, 2.05) is 0 Å². The Morgan fingerprint density at radius 2 is 1.62 bits per heavy atom. The molecule has 0 spiro atoms. The Bertz CT molecular complexity index is 333. The van der Waals surface area contributed by atoms with Crippen molar-refractivity contribution in [2.75, 3.05) is 5.75 Å². The first-order valence-electron chi connectivity index (χ1n) is 3.89. The molecule has 0 heterocycles. The lowest BCUT2D eigenvalue weighted by Crippen LogP contribution is -2.31. The highest BCUT2D eigenvalue weighted by Gasteiger charge is 2.60. The molecule has 0 amide bonds. The lowest BCUT2D eigenvalue weighted by atomic mass is 10.5. The molecule has 0 bridgehead atoms. The van der Waals surface area contributed by atoms with Gasteiger partial charge in [0.05, 0.1) is 6.42 Å². The minimum absolute atomic E-state index is 0.0250. The molecule has 0 aromatic carbocycles. The van der Waals surface area contributed by atoms with Crippen molar-refractivity contribution in [3.8, 4) is 0 Å². The molecule has 0 fully saturated rings. The highest BCUT2D eigenvalue weighted by molar-refractivity contribution is 7.80. The molecule has 96 valence electrons. The summed E-state index contributed by atoms with van der Waals surface area (Å²) in [7, 11) is -10.6. The predicted octanol–water partition coefficient (Wildman–Crippen LogP) is -0.121. The third-order valence-corrected chi connectivity index (χ3v) is 5.84. The Kier molecular flexibility index (Phi) is 5.22. The number of rotatable bonds is 5. The number of esters is 1. The van der Waals surface area contributed by atoms with Gasteiger partial charge >= 0.3 is 26.2 Å². The van der Waals surface area contributed by atoms with Crippen LogP contribution in [0.25, 0.3) is 0 Å². The average Bonchev–Trinajstić information content (AvgIpc) is 1.99. The largest absolute Gasteiger partial charge is 0.433 e. The van der Waals surface area contributed by atoms with E-state index in [-0.39, 0.29) is 12.2 Å². The van der Waals surface area contributed by atoms with Crippen LogP contribution in [-0.2, 0) is 18.7 Å². The maximum absolute atomic E-state index is 11.0. The molecule has 8 nitrogen and oxygen atoms in total. The fourth-order valence-corrected chi connectivity index (χ4v) is 2.63. The molecule has 0 aromatic heterocycles. The fraction of sp³-hybridized carbons (Fsp3) is 0.800. The van der Waals surface area contributed by atoms with E-state index >= 15 is 0 Å². The Hall–Kier alpha value is 0.120.